The van der Waals surface area contributed by atoms with Crippen LogP contribution >= 0.6 is 0 Å². The zero-order chi connectivity index (χ0) is 46.8. The molecule has 6 atom stereocenters. The molecule has 0 aromatic heterocycles. The lowest BCUT2D eigenvalue weighted by Gasteiger charge is -2.41. The van der Waals surface area contributed by atoms with Gasteiger partial charge < -0.3 is 34.3 Å². The minimum atomic E-state index is -5.08. The summed E-state index contributed by atoms with van der Waals surface area (Å²) in [5, 5.41) is 30.7. The van der Waals surface area contributed by atoms with E-state index in [9.17, 15) is 28.5 Å². The smallest absolute Gasteiger partial charge is 0.397 e. The molecule has 0 amide bonds. The van der Waals surface area contributed by atoms with Crippen molar-refractivity contribution < 1.29 is 56.2 Å². The maximum atomic E-state index is 12.8. The Labute approximate surface area is 386 Å². The molecule has 0 aliphatic carbocycles. The fourth-order valence-corrected chi connectivity index (χ4v) is 6.84. The number of ether oxygens (including phenoxy) is 4. The summed E-state index contributed by atoms with van der Waals surface area (Å²) in [7, 11) is -5.08. The van der Waals surface area contributed by atoms with Gasteiger partial charge in [0, 0.05) is 13.0 Å². The molecule has 6 unspecified atom stereocenters. The van der Waals surface area contributed by atoms with E-state index in [1.165, 1.54) is 0 Å². The standard InChI is InChI=1S/C51H82O12S/c1-3-5-7-9-11-13-15-17-18-19-20-21-22-23-24-25-26-27-29-31-33-35-37-39-41-59-43-45(44-60-51-49(55)50(63-64(56,57)58)48(54)46(42-52)62-51)61-47(53)40-38-36-34-32-30-28-16-14-12-10-8-6-4-2/h5,7-8,10-11,13-14,16-18,20-21,23-24,26-27,31,33,45-46,48-52,54-55H,3-4,6,9,12,15,19,22,25,28-30,32,34-44H2,1-2H3,(H,56,57,58)/b7-5-,10-8-,13-11-,16-14-,18-17-,21-20-,24-23-,27-26-,33-31-. The Hall–Kier alpha value is -3.24. The summed E-state index contributed by atoms with van der Waals surface area (Å²) < 4.78 is 59.0. The predicted molar refractivity (Wildman–Crippen MR) is 257 cm³/mol. The molecule has 0 saturated carbocycles. The van der Waals surface area contributed by atoms with Gasteiger partial charge in [-0.1, -0.05) is 149 Å². The van der Waals surface area contributed by atoms with E-state index in [0.717, 1.165) is 116 Å². The predicted octanol–water partition coefficient (Wildman–Crippen LogP) is 10.4. The highest BCUT2D eigenvalue weighted by atomic mass is 32.3. The van der Waals surface area contributed by atoms with Crippen molar-refractivity contribution in [1.29, 1.82) is 0 Å². The number of hydrogen-bond donors (Lipinski definition) is 4. The maximum Gasteiger partial charge on any atom is 0.397 e. The van der Waals surface area contributed by atoms with Crippen LogP contribution in [0, 0.1) is 0 Å². The van der Waals surface area contributed by atoms with Crippen LogP contribution in [0.25, 0.3) is 0 Å². The first-order chi connectivity index (χ1) is 31.1. The molecule has 0 aromatic carbocycles. The lowest BCUT2D eigenvalue weighted by molar-refractivity contribution is -0.301. The van der Waals surface area contributed by atoms with E-state index in [4.69, 9.17) is 23.5 Å². The quantitative estimate of drug-likeness (QED) is 0.0199. The second kappa shape index (κ2) is 41.2. The first-order valence-corrected chi connectivity index (χ1v) is 25.0. The van der Waals surface area contributed by atoms with Crippen molar-refractivity contribution in [2.24, 2.45) is 0 Å². The zero-order valence-corrected chi connectivity index (χ0v) is 39.6. The van der Waals surface area contributed by atoms with Gasteiger partial charge in [-0.2, -0.15) is 8.42 Å². The van der Waals surface area contributed by atoms with Crippen LogP contribution in [0.5, 0.6) is 0 Å². The number of rotatable bonds is 39. The molecule has 1 rings (SSSR count). The van der Waals surface area contributed by atoms with Crippen LogP contribution in [0.3, 0.4) is 0 Å². The molecule has 1 saturated heterocycles. The summed E-state index contributed by atoms with van der Waals surface area (Å²) in [6.45, 7) is 3.65. The third-order valence-electron chi connectivity index (χ3n) is 9.86. The van der Waals surface area contributed by atoms with E-state index < -0.39 is 59.8 Å². The van der Waals surface area contributed by atoms with Crippen LogP contribution in [0.2, 0.25) is 0 Å². The van der Waals surface area contributed by atoms with E-state index in [2.05, 4.69) is 127 Å². The number of esters is 1. The Kier molecular flexibility index (Phi) is 37.8. The van der Waals surface area contributed by atoms with Crippen LogP contribution in [0.1, 0.15) is 142 Å². The van der Waals surface area contributed by atoms with Crippen LogP contribution < -0.4 is 0 Å². The van der Waals surface area contributed by atoms with Crippen molar-refractivity contribution in [1.82, 2.24) is 0 Å². The summed E-state index contributed by atoms with van der Waals surface area (Å²) in [6, 6.07) is 0. The normalized spacial score (nSPS) is 20.8. The largest absolute Gasteiger partial charge is 0.457 e. The Bertz CT molecular complexity index is 1530. The lowest BCUT2D eigenvalue weighted by atomic mass is 9.99. The number of carbonyl (C=O) groups excluding carboxylic acids is 1. The van der Waals surface area contributed by atoms with Crippen molar-refractivity contribution >= 4 is 16.4 Å². The highest BCUT2D eigenvalue weighted by Gasteiger charge is 2.48. The third kappa shape index (κ3) is 34.2. The summed E-state index contributed by atoms with van der Waals surface area (Å²) in [5.74, 6) is -0.436. The summed E-state index contributed by atoms with van der Waals surface area (Å²) in [5.41, 5.74) is 0. The minimum Gasteiger partial charge on any atom is -0.457 e. The summed E-state index contributed by atoms with van der Waals surface area (Å²) >= 11 is 0. The molecule has 1 heterocycles. The van der Waals surface area contributed by atoms with Gasteiger partial charge in [0.2, 0.25) is 0 Å². The summed E-state index contributed by atoms with van der Waals surface area (Å²) in [6.07, 6.45) is 48.4. The highest BCUT2D eigenvalue weighted by Crippen LogP contribution is 2.26. The molecule has 0 bridgehead atoms. The second-order valence-corrected chi connectivity index (χ2v) is 16.7. The Morgan fingerprint density at radius 1 is 0.609 bits per heavy atom. The molecule has 4 N–H and O–H groups in total. The number of unbranched alkanes of at least 4 members (excludes halogenated alkanes) is 8. The number of carbonyl (C=O) groups is 1. The molecule has 0 spiro atoms. The first-order valence-electron chi connectivity index (χ1n) is 23.6. The average molecular weight is 919 g/mol. The van der Waals surface area contributed by atoms with E-state index >= 15 is 0 Å². The first kappa shape index (κ1) is 58.8. The molecule has 0 aromatic rings. The van der Waals surface area contributed by atoms with Crippen molar-refractivity contribution in [2.75, 3.05) is 26.4 Å². The van der Waals surface area contributed by atoms with Crippen molar-refractivity contribution in [3.63, 3.8) is 0 Å². The Balaban J connectivity index is 2.44. The van der Waals surface area contributed by atoms with Gasteiger partial charge in [-0.15, -0.1) is 0 Å². The van der Waals surface area contributed by atoms with Crippen LogP contribution in [-0.2, 0) is 38.3 Å². The molecule has 1 fully saturated rings. The van der Waals surface area contributed by atoms with Crippen LogP contribution in [0.15, 0.2) is 109 Å². The fourth-order valence-electron chi connectivity index (χ4n) is 6.33. The van der Waals surface area contributed by atoms with Gasteiger partial charge >= 0.3 is 16.4 Å². The van der Waals surface area contributed by atoms with E-state index in [1.54, 1.807) is 0 Å². The Morgan fingerprint density at radius 3 is 1.58 bits per heavy atom. The average Bonchev–Trinajstić information content (AvgIpc) is 3.27. The third-order valence-corrected chi connectivity index (χ3v) is 10.3. The zero-order valence-electron chi connectivity index (χ0n) is 38.8. The maximum absolute atomic E-state index is 12.8. The van der Waals surface area contributed by atoms with Crippen molar-refractivity contribution in [3.8, 4) is 0 Å². The number of hydrogen-bond acceptors (Lipinski definition) is 11. The van der Waals surface area contributed by atoms with E-state index in [-0.39, 0.29) is 19.6 Å². The van der Waals surface area contributed by atoms with Gasteiger partial charge in [-0.3, -0.25) is 9.35 Å². The van der Waals surface area contributed by atoms with Crippen LogP contribution in [0.4, 0.5) is 0 Å². The highest BCUT2D eigenvalue weighted by molar-refractivity contribution is 7.80. The molecular formula is C51H82O12S. The van der Waals surface area contributed by atoms with Gasteiger partial charge in [0.05, 0.1) is 19.8 Å². The SMILES string of the molecule is CC/C=C\C/C=C\C/C=C\C/C=C\C/C=C\C/C=C\C/C=C\CCCCOCC(COC1OC(CO)C(O)C(OS(=O)(=O)O)C1O)OC(=O)CCCCCCC/C=C\C/C=C\CCC. The number of allylic oxidation sites excluding steroid dienone is 18. The van der Waals surface area contributed by atoms with Gasteiger partial charge in [0.15, 0.2) is 6.29 Å². The molecule has 1 aliphatic heterocycles. The van der Waals surface area contributed by atoms with Crippen molar-refractivity contribution in [3.05, 3.63) is 109 Å². The van der Waals surface area contributed by atoms with Crippen molar-refractivity contribution in [2.45, 2.75) is 179 Å². The number of aliphatic hydroxyl groups excluding tert-OH is 3. The fraction of sp³-hybridized carbons (Fsp3) is 0.627. The molecule has 64 heavy (non-hydrogen) atoms. The lowest BCUT2D eigenvalue weighted by Crippen LogP contribution is -2.60. The summed E-state index contributed by atoms with van der Waals surface area (Å²) in [4.78, 5) is 12.8. The second-order valence-electron chi connectivity index (χ2n) is 15.6. The molecule has 364 valence electrons. The van der Waals surface area contributed by atoms with Crippen LogP contribution in [-0.4, -0.2) is 97.5 Å². The van der Waals surface area contributed by atoms with E-state index in [1.807, 2.05) is 0 Å². The Morgan fingerprint density at radius 2 is 1.08 bits per heavy atom. The van der Waals surface area contributed by atoms with Gasteiger partial charge in [-0.05, 0) is 96.3 Å². The van der Waals surface area contributed by atoms with Gasteiger partial charge in [-0.25, -0.2) is 4.18 Å². The molecular weight excluding hydrogens is 837 g/mol. The molecule has 1 aliphatic rings. The monoisotopic (exact) mass is 919 g/mol. The van der Waals surface area contributed by atoms with Gasteiger partial charge in [0.1, 0.15) is 30.5 Å². The molecule has 13 heteroatoms. The molecule has 12 nitrogen and oxygen atoms in total. The number of aliphatic hydroxyl groups is 3. The van der Waals surface area contributed by atoms with E-state index in [0.29, 0.717) is 13.0 Å². The molecule has 0 radical (unpaired) electrons. The minimum absolute atomic E-state index is 0.00794. The topological polar surface area (TPSA) is 178 Å². The van der Waals surface area contributed by atoms with Gasteiger partial charge in [0.25, 0.3) is 0 Å².